The lowest BCUT2D eigenvalue weighted by atomic mass is 10.1. The number of hydrogen-bond acceptors (Lipinski definition) is 3. The van der Waals surface area contributed by atoms with Gasteiger partial charge in [0.15, 0.2) is 0 Å². The molecule has 0 amide bonds. The number of sulfonamides is 1. The monoisotopic (exact) mass is 265 g/mol. The second kappa shape index (κ2) is 9.41. The largest absolute Gasteiger partial charge is 0.481 e. The number of carboxylic acid groups (broad SMARTS) is 1. The van der Waals surface area contributed by atoms with E-state index in [0.29, 0.717) is 6.54 Å². The molecule has 2 N–H and O–H groups in total. The third-order valence-corrected chi connectivity index (χ3v) is 3.16. The summed E-state index contributed by atoms with van der Waals surface area (Å²) in [6, 6.07) is 0. The molecular formula is C11H23NO4S. The fourth-order valence-corrected chi connectivity index (χ4v) is 2.06. The Morgan fingerprint density at radius 2 is 1.47 bits per heavy atom. The van der Waals surface area contributed by atoms with E-state index in [1.165, 1.54) is 0 Å². The molecule has 0 unspecified atom stereocenters. The maximum Gasteiger partial charge on any atom is 0.303 e. The van der Waals surface area contributed by atoms with Gasteiger partial charge in [0.2, 0.25) is 10.0 Å². The van der Waals surface area contributed by atoms with E-state index in [4.69, 9.17) is 5.11 Å². The van der Waals surface area contributed by atoms with Crippen LogP contribution in [0.2, 0.25) is 0 Å². The topological polar surface area (TPSA) is 83.5 Å². The number of hydrogen-bond donors (Lipinski definition) is 2. The average Bonchev–Trinajstić information content (AvgIpc) is 2.18. The van der Waals surface area contributed by atoms with Crippen molar-refractivity contribution in [2.24, 2.45) is 0 Å². The molecule has 0 fully saturated rings. The van der Waals surface area contributed by atoms with Crippen LogP contribution in [-0.2, 0) is 14.8 Å². The summed E-state index contributed by atoms with van der Waals surface area (Å²) in [5, 5.41) is 8.42. The van der Waals surface area contributed by atoms with Gasteiger partial charge in [-0.15, -0.1) is 0 Å². The van der Waals surface area contributed by atoms with Crippen LogP contribution in [0.4, 0.5) is 0 Å². The van der Waals surface area contributed by atoms with Crippen LogP contribution in [0.5, 0.6) is 0 Å². The molecule has 0 saturated carbocycles. The normalized spacial score (nSPS) is 11.6. The van der Waals surface area contributed by atoms with E-state index in [2.05, 4.69) is 4.72 Å². The third kappa shape index (κ3) is 15.4. The summed E-state index contributed by atoms with van der Waals surface area (Å²) in [6.07, 6.45) is 8.26. The zero-order valence-corrected chi connectivity index (χ0v) is 11.3. The van der Waals surface area contributed by atoms with Gasteiger partial charge in [-0.3, -0.25) is 4.79 Å². The molecular weight excluding hydrogens is 242 g/mol. The van der Waals surface area contributed by atoms with Crippen molar-refractivity contribution < 1.29 is 18.3 Å². The van der Waals surface area contributed by atoms with Gasteiger partial charge in [-0.25, -0.2) is 13.1 Å². The maximum absolute atomic E-state index is 10.7. The van der Waals surface area contributed by atoms with Gasteiger partial charge in [0.05, 0.1) is 6.26 Å². The van der Waals surface area contributed by atoms with Gasteiger partial charge in [-0.1, -0.05) is 32.1 Å². The molecule has 0 aromatic rings. The highest BCUT2D eigenvalue weighted by Crippen LogP contribution is 2.08. The van der Waals surface area contributed by atoms with Crippen molar-refractivity contribution in [2.45, 2.75) is 51.4 Å². The van der Waals surface area contributed by atoms with Crippen LogP contribution in [0.1, 0.15) is 51.4 Å². The minimum absolute atomic E-state index is 0.262. The summed E-state index contributed by atoms with van der Waals surface area (Å²) >= 11 is 0. The average molecular weight is 265 g/mol. The van der Waals surface area contributed by atoms with E-state index in [1.54, 1.807) is 0 Å². The number of aliphatic carboxylic acids is 1. The van der Waals surface area contributed by atoms with Gasteiger partial charge in [-0.2, -0.15) is 0 Å². The molecule has 0 bridgehead atoms. The second-order valence-corrected chi connectivity index (χ2v) is 6.12. The molecule has 0 spiro atoms. The molecule has 0 atom stereocenters. The Morgan fingerprint density at radius 1 is 1.00 bits per heavy atom. The predicted octanol–water partition coefficient (Wildman–Crippen LogP) is 1.74. The molecule has 0 radical (unpaired) electrons. The van der Waals surface area contributed by atoms with Gasteiger partial charge in [0, 0.05) is 13.0 Å². The molecule has 0 aromatic heterocycles. The SMILES string of the molecule is CS(=O)(=O)NCCCCCCCCCC(=O)O. The third-order valence-electron chi connectivity index (χ3n) is 2.43. The van der Waals surface area contributed by atoms with E-state index in [9.17, 15) is 13.2 Å². The Kier molecular flexibility index (Phi) is 9.07. The first-order valence-corrected chi connectivity index (χ1v) is 7.97. The summed E-state index contributed by atoms with van der Waals surface area (Å²) in [4.78, 5) is 10.2. The predicted molar refractivity (Wildman–Crippen MR) is 67.4 cm³/mol. The van der Waals surface area contributed by atoms with Crippen molar-refractivity contribution in [3.05, 3.63) is 0 Å². The Balaban J connectivity index is 3.11. The first kappa shape index (κ1) is 16.4. The number of nitrogens with one attached hydrogen (secondary N) is 1. The van der Waals surface area contributed by atoms with Crippen molar-refractivity contribution >= 4 is 16.0 Å². The minimum Gasteiger partial charge on any atom is -0.481 e. The lowest BCUT2D eigenvalue weighted by Crippen LogP contribution is -2.22. The Hall–Kier alpha value is -0.620. The molecule has 5 nitrogen and oxygen atoms in total. The summed E-state index contributed by atoms with van der Waals surface area (Å²) < 4.78 is 23.9. The minimum atomic E-state index is -3.04. The first-order chi connectivity index (χ1) is 7.92. The van der Waals surface area contributed by atoms with Crippen molar-refractivity contribution in [3.8, 4) is 0 Å². The highest BCUT2D eigenvalue weighted by atomic mass is 32.2. The van der Waals surface area contributed by atoms with E-state index in [1.807, 2.05) is 0 Å². The van der Waals surface area contributed by atoms with Gasteiger partial charge in [0.25, 0.3) is 0 Å². The molecule has 6 heteroatoms. The van der Waals surface area contributed by atoms with Crippen molar-refractivity contribution in [3.63, 3.8) is 0 Å². The van der Waals surface area contributed by atoms with Gasteiger partial charge >= 0.3 is 5.97 Å². The Morgan fingerprint density at radius 3 is 1.94 bits per heavy atom. The quantitative estimate of drug-likeness (QED) is 0.557. The first-order valence-electron chi connectivity index (χ1n) is 6.08. The molecule has 0 rings (SSSR count). The van der Waals surface area contributed by atoms with Gasteiger partial charge < -0.3 is 5.11 Å². The van der Waals surface area contributed by atoms with Crippen LogP contribution >= 0.6 is 0 Å². The van der Waals surface area contributed by atoms with Crippen LogP contribution in [0.3, 0.4) is 0 Å². The zero-order chi connectivity index (χ0) is 13.1. The molecule has 0 heterocycles. The van der Waals surface area contributed by atoms with E-state index in [-0.39, 0.29) is 6.42 Å². The fraction of sp³-hybridized carbons (Fsp3) is 0.909. The lowest BCUT2D eigenvalue weighted by Gasteiger charge is -2.02. The number of rotatable bonds is 11. The number of carbonyl (C=O) groups is 1. The summed E-state index contributed by atoms with van der Waals surface area (Å²) in [5.74, 6) is -0.725. The van der Waals surface area contributed by atoms with E-state index in [0.717, 1.165) is 51.2 Å². The summed E-state index contributed by atoms with van der Waals surface area (Å²) in [7, 11) is -3.04. The van der Waals surface area contributed by atoms with E-state index >= 15 is 0 Å². The van der Waals surface area contributed by atoms with Gasteiger partial charge in [-0.05, 0) is 12.8 Å². The van der Waals surface area contributed by atoms with Crippen LogP contribution in [0.15, 0.2) is 0 Å². The summed E-state index contributed by atoms with van der Waals surface area (Å²) in [5.41, 5.74) is 0. The Bertz CT molecular complexity index is 301. The van der Waals surface area contributed by atoms with Gasteiger partial charge in [0.1, 0.15) is 0 Å². The van der Waals surface area contributed by atoms with Crippen LogP contribution < -0.4 is 4.72 Å². The molecule has 0 aromatic carbocycles. The van der Waals surface area contributed by atoms with Crippen LogP contribution in [0, 0.1) is 0 Å². The number of unbranched alkanes of at least 4 members (excludes halogenated alkanes) is 6. The molecule has 0 aliphatic heterocycles. The lowest BCUT2D eigenvalue weighted by molar-refractivity contribution is -0.137. The van der Waals surface area contributed by atoms with Crippen molar-refractivity contribution in [1.29, 1.82) is 0 Å². The van der Waals surface area contributed by atoms with Crippen molar-refractivity contribution in [2.75, 3.05) is 12.8 Å². The Labute approximate surface area is 104 Å². The van der Waals surface area contributed by atoms with Crippen LogP contribution in [0.25, 0.3) is 0 Å². The van der Waals surface area contributed by atoms with Crippen molar-refractivity contribution in [1.82, 2.24) is 4.72 Å². The zero-order valence-electron chi connectivity index (χ0n) is 10.4. The molecule has 102 valence electrons. The highest BCUT2D eigenvalue weighted by molar-refractivity contribution is 7.88. The van der Waals surface area contributed by atoms with E-state index < -0.39 is 16.0 Å². The molecule has 0 saturated heterocycles. The van der Waals surface area contributed by atoms with Crippen LogP contribution in [-0.4, -0.2) is 32.3 Å². The maximum atomic E-state index is 10.7. The summed E-state index contributed by atoms with van der Waals surface area (Å²) in [6.45, 7) is 0.512. The highest BCUT2D eigenvalue weighted by Gasteiger charge is 1.99. The smallest absolute Gasteiger partial charge is 0.303 e. The number of carboxylic acids is 1. The molecule has 0 aliphatic carbocycles. The molecule has 17 heavy (non-hydrogen) atoms. The fourth-order valence-electron chi connectivity index (χ4n) is 1.54. The second-order valence-electron chi connectivity index (χ2n) is 4.29. The molecule has 0 aliphatic rings. The standard InChI is InChI=1S/C11H23NO4S/c1-17(15,16)12-10-8-6-4-2-3-5-7-9-11(13)14/h12H,2-10H2,1H3,(H,13,14).